The summed E-state index contributed by atoms with van der Waals surface area (Å²) < 4.78 is 14.7. The van der Waals surface area contributed by atoms with Crippen LogP contribution in [0.15, 0.2) is 48.5 Å². The molecule has 2 aromatic carbocycles. The number of piperazine rings is 1. The summed E-state index contributed by atoms with van der Waals surface area (Å²) in [7, 11) is 0. The molecule has 1 aliphatic rings. The number of amides is 1. The van der Waals surface area contributed by atoms with Crippen LogP contribution in [0.4, 0.5) is 10.1 Å². The fourth-order valence-corrected chi connectivity index (χ4v) is 4.32. The number of thiophene rings is 1. The van der Waals surface area contributed by atoms with Gasteiger partial charge in [0.05, 0.1) is 4.88 Å². The molecular formula is C20H19FN2OS. The van der Waals surface area contributed by atoms with Gasteiger partial charge < -0.3 is 9.80 Å². The molecule has 1 fully saturated rings. The number of benzene rings is 2. The zero-order chi connectivity index (χ0) is 17.4. The first kappa shape index (κ1) is 16.1. The third-order valence-corrected chi connectivity index (χ3v) is 5.74. The Hall–Kier alpha value is -2.40. The van der Waals surface area contributed by atoms with E-state index < -0.39 is 0 Å². The maximum atomic E-state index is 13.9. The first-order valence-electron chi connectivity index (χ1n) is 8.41. The van der Waals surface area contributed by atoms with E-state index in [0.717, 1.165) is 17.8 Å². The predicted molar refractivity (Wildman–Crippen MR) is 101 cm³/mol. The van der Waals surface area contributed by atoms with Crippen LogP contribution in [-0.4, -0.2) is 37.0 Å². The van der Waals surface area contributed by atoms with Gasteiger partial charge in [0.15, 0.2) is 0 Å². The van der Waals surface area contributed by atoms with Crippen LogP contribution >= 0.6 is 11.3 Å². The highest BCUT2D eigenvalue weighted by Crippen LogP contribution is 2.29. The largest absolute Gasteiger partial charge is 0.368 e. The van der Waals surface area contributed by atoms with Gasteiger partial charge in [-0.15, -0.1) is 11.3 Å². The Kier molecular flexibility index (Phi) is 4.17. The summed E-state index contributed by atoms with van der Waals surface area (Å²) in [5.41, 5.74) is 2.44. The number of rotatable bonds is 2. The second kappa shape index (κ2) is 6.48. The van der Waals surface area contributed by atoms with Crippen molar-refractivity contribution in [2.45, 2.75) is 6.92 Å². The highest BCUT2D eigenvalue weighted by Gasteiger charge is 2.24. The predicted octanol–water partition coefficient (Wildman–Crippen LogP) is 4.31. The van der Waals surface area contributed by atoms with E-state index in [2.05, 4.69) is 36.1 Å². The molecular weight excluding hydrogens is 335 g/mol. The minimum Gasteiger partial charge on any atom is -0.368 e. The Morgan fingerprint density at radius 2 is 1.80 bits per heavy atom. The SMILES string of the molecule is Cc1cccc(N2CCN(C(=O)c3cc4c(F)cccc4s3)CC2)c1. The van der Waals surface area contributed by atoms with Gasteiger partial charge in [-0.1, -0.05) is 18.2 Å². The highest BCUT2D eigenvalue weighted by atomic mass is 32.1. The van der Waals surface area contributed by atoms with Gasteiger partial charge >= 0.3 is 0 Å². The lowest BCUT2D eigenvalue weighted by molar-refractivity contribution is 0.0751. The number of carbonyl (C=O) groups excluding carboxylic acids is 1. The molecule has 2 heterocycles. The van der Waals surface area contributed by atoms with Crippen LogP contribution in [0.1, 0.15) is 15.2 Å². The molecule has 3 nitrogen and oxygen atoms in total. The van der Waals surface area contributed by atoms with E-state index in [9.17, 15) is 9.18 Å². The van der Waals surface area contributed by atoms with Gasteiger partial charge in [0.2, 0.25) is 0 Å². The van der Waals surface area contributed by atoms with Gasteiger partial charge in [0.1, 0.15) is 5.82 Å². The molecule has 25 heavy (non-hydrogen) atoms. The van der Waals surface area contributed by atoms with Gasteiger partial charge in [-0.2, -0.15) is 0 Å². The second-order valence-corrected chi connectivity index (χ2v) is 7.46. The van der Waals surface area contributed by atoms with Crippen LogP contribution in [-0.2, 0) is 0 Å². The van der Waals surface area contributed by atoms with E-state index >= 15 is 0 Å². The Labute approximate surface area is 150 Å². The number of nitrogens with zero attached hydrogens (tertiary/aromatic N) is 2. The van der Waals surface area contributed by atoms with Crippen molar-refractivity contribution in [3.8, 4) is 0 Å². The number of fused-ring (bicyclic) bond motifs is 1. The summed E-state index contributed by atoms with van der Waals surface area (Å²) in [6.45, 7) is 5.08. The molecule has 0 bridgehead atoms. The van der Waals surface area contributed by atoms with E-state index in [1.807, 2.05) is 11.0 Å². The fraction of sp³-hybridized carbons (Fsp3) is 0.250. The molecule has 5 heteroatoms. The third-order valence-electron chi connectivity index (χ3n) is 4.65. The van der Waals surface area contributed by atoms with Crippen LogP contribution in [0, 0.1) is 12.7 Å². The molecule has 0 spiro atoms. The van der Waals surface area contributed by atoms with Crippen molar-refractivity contribution in [1.29, 1.82) is 0 Å². The molecule has 1 amide bonds. The summed E-state index contributed by atoms with van der Waals surface area (Å²) in [4.78, 5) is 17.6. The number of carbonyl (C=O) groups is 1. The minimum absolute atomic E-state index is 0.00416. The summed E-state index contributed by atoms with van der Waals surface area (Å²) in [5, 5.41) is 0.536. The maximum Gasteiger partial charge on any atom is 0.264 e. The normalized spacial score (nSPS) is 15.0. The topological polar surface area (TPSA) is 23.6 Å². The molecule has 0 saturated carbocycles. The van der Waals surface area contributed by atoms with E-state index in [0.29, 0.717) is 23.4 Å². The fourth-order valence-electron chi connectivity index (χ4n) is 3.28. The van der Waals surface area contributed by atoms with Crippen LogP contribution < -0.4 is 4.90 Å². The van der Waals surface area contributed by atoms with Crippen molar-refractivity contribution < 1.29 is 9.18 Å². The molecule has 3 aromatic rings. The molecule has 1 aliphatic heterocycles. The average Bonchev–Trinajstić information content (AvgIpc) is 3.07. The lowest BCUT2D eigenvalue weighted by Gasteiger charge is -2.36. The highest BCUT2D eigenvalue weighted by molar-refractivity contribution is 7.20. The standard InChI is InChI=1S/C20H19FN2OS/c1-14-4-2-5-15(12-14)22-8-10-23(11-9-22)20(24)19-13-16-17(21)6-3-7-18(16)25-19/h2-7,12-13H,8-11H2,1H3. The zero-order valence-electron chi connectivity index (χ0n) is 14.0. The molecule has 0 radical (unpaired) electrons. The molecule has 0 atom stereocenters. The Balaban J connectivity index is 1.48. The van der Waals surface area contributed by atoms with Crippen LogP contribution in [0.3, 0.4) is 0 Å². The molecule has 1 saturated heterocycles. The van der Waals surface area contributed by atoms with Gasteiger partial charge in [-0.05, 0) is 42.8 Å². The summed E-state index contributed by atoms with van der Waals surface area (Å²) in [6.07, 6.45) is 0. The average molecular weight is 354 g/mol. The molecule has 4 rings (SSSR count). The van der Waals surface area contributed by atoms with E-state index in [1.165, 1.54) is 28.7 Å². The molecule has 0 unspecified atom stereocenters. The van der Waals surface area contributed by atoms with Gasteiger partial charge in [0, 0.05) is 42.0 Å². The van der Waals surface area contributed by atoms with Crippen molar-refractivity contribution >= 4 is 33.0 Å². The first-order chi connectivity index (χ1) is 12.1. The van der Waals surface area contributed by atoms with Crippen molar-refractivity contribution in [3.05, 3.63) is 64.8 Å². The van der Waals surface area contributed by atoms with Crippen LogP contribution in [0.25, 0.3) is 10.1 Å². The first-order valence-corrected chi connectivity index (χ1v) is 9.22. The Bertz CT molecular complexity index is 928. The number of hydrogen-bond donors (Lipinski definition) is 0. The van der Waals surface area contributed by atoms with Crippen LogP contribution in [0.5, 0.6) is 0 Å². The lowest BCUT2D eigenvalue weighted by atomic mass is 10.2. The van der Waals surface area contributed by atoms with Crippen LogP contribution in [0.2, 0.25) is 0 Å². The summed E-state index contributed by atoms with van der Waals surface area (Å²) in [5.74, 6) is -0.262. The monoisotopic (exact) mass is 354 g/mol. The van der Waals surface area contributed by atoms with Crippen molar-refractivity contribution in [3.63, 3.8) is 0 Å². The number of anilines is 1. The Morgan fingerprint density at radius 1 is 1.04 bits per heavy atom. The quantitative estimate of drug-likeness (QED) is 0.685. The molecule has 128 valence electrons. The number of hydrogen-bond acceptors (Lipinski definition) is 3. The van der Waals surface area contributed by atoms with Crippen molar-refractivity contribution in [2.75, 3.05) is 31.1 Å². The van der Waals surface area contributed by atoms with Gasteiger partial charge in [0.25, 0.3) is 5.91 Å². The third kappa shape index (κ3) is 3.12. The van der Waals surface area contributed by atoms with Gasteiger partial charge in [-0.25, -0.2) is 4.39 Å². The molecule has 1 aromatic heterocycles. The van der Waals surface area contributed by atoms with E-state index in [4.69, 9.17) is 0 Å². The maximum absolute atomic E-state index is 13.9. The summed E-state index contributed by atoms with van der Waals surface area (Å²) in [6, 6.07) is 15.1. The van der Waals surface area contributed by atoms with E-state index in [1.54, 1.807) is 12.1 Å². The summed E-state index contributed by atoms with van der Waals surface area (Å²) >= 11 is 1.37. The zero-order valence-corrected chi connectivity index (χ0v) is 14.9. The second-order valence-electron chi connectivity index (χ2n) is 6.38. The molecule has 0 aliphatic carbocycles. The van der Waals surface area contributed by atoms with Crippen molar-refractivity contribution in [1.82, 2.24) is 4.90 Å². The smallest absolute Gasteiger partial charge is 0.264 e. The van der Waals surface area contributed by atoms with E-state index in [-0.39, 0.29) is 11.7 Å². The Morgan fingerprint density at radius 3 is 2.52 bits per heavy atom. The minimum atomic E-state index is -0.267. The van der Waals surface area contributed by atoms with Crippen molar-refractivity contribution in [2.24, 2.45) is 0 Å². The lowest BCUT2D eigenvalue weighted by Crippen LogP contribution is -2.48. The number of halogens is 1. The molecule has 0 N–H and O–H groups in total. The number of aryl methyl sites for hydroxylation is 1. The van der Waals surface area contributed by atoms with Gasteiger partial charge in [-0.3, -0.25) is 4.79 Å².